The van der Waals surface area contributed by atoms with Gasteiger partial charge in [-0.25, -0.2) is 9.78 Å². The average Bonchev–Trinajstić information content (AvgIpc) is 2.85. The molecule has 4 aromatic rings. The van der Waals surface area contributed by atoms with E-state index in [4.69, 9.17) is 4.74 Å². The molecule has 1 aromatic heterocycles. The molecule has 0 aliphatic carbocycles. The fraction of sp³-hybridized carbons (Fsp3) is 0.120. The first-order chi connectivity index (χ1) is 16.5. The number of rotatable bonds is 7. The molecule has 172 valence electrons. The van der Waals surface area contributed by atoms with Crippen LogP contribution < -0.4 is 20.9 Å². The number of fused-ring (bicyclic) bond motifs is 1. The van der Waals surface area contributed by atoms with Gasteiger partial charge in [0, 0.05) is 5.69 Å². The topological polar surface area (TPSA) is 102 Å². The summed E-state index contributed by atoms with van der Waals surface area (Å²) < 4.78 is 6.84. The van der Waals surface area contributed by atoms with Crippen molar-refractivity contribution in [3.05, 3.63) is 89.2 Å². The zero-order valence-electron chi connectivity index (χ0n) is 18.4. The van der Waals surface area contributed by atoms with Gasteiger partial charge in [-0.15, -0.1) is 0 Å². The number of urea groups is 1. The zero-order chi connectivity index (χ0) is 23.9. The molecule has 2 N–H and O–H groups in total. The maximum atomic E-state index is 13.2. The lowest BCUT2D eigenvalue weighted by atomic mass is 10.2. The number of nitrogens with zero attached hydrogens (tertiary/aromatic N) is 2. The third-order valence-electron chi connectivity index (χ3n) is 4.77. The number of hydrogen-bond donors (Lipinski definition) is 2. The second-order valence-electron chi connectivity index (χ2n) is 7.14. The molecule has 4 rings (SSSR count). The molecule has 1 heterocycles. The fourth-order valence-corrected chi connectivity index (χ4v) is 4.08. The van der Waals surface area contributed by atoms with Gasteiger partial charge in [0.2, 0.25) is 5.91 Å². The Labute approximate surface area is 200 Å². The van der Waals surface area contributed by atoms with E-state index in [-0.39, 0.29) is 11.3 Å². The number of ether oxygens (including phenoxy) is 1. The predicted octanol–water partition coefficient (Wildman–Crippen LogP) is 4.22. The van der Waals surface area contributed by atoms with Crippen LogP contribution in [0.3, 0.4) is 0 Å². The van der Waals surface area contributed by atoms with Gasteiger partial charge in [-0.2, -0.15) is 0 Å². The summed E-state index contributed by atoms with van der Waals surface area (Å²) >= 11 is 1.08. The number of benzene rings is 3. The van der Waals surface area contributed by atoms with Crippen LogP contribution in [0.1, 0.15) is 6.92 Å². The Morgan fingerprint density at radius 2 is 1.68 bits per heavy atom. The molecule has 0 radical (unpaired) electrons. The van der Waals surface area contributed by atoms with Gasteiger partial charge in [0.25, 0.3) is 5.56 Å². The Bertz CT molecular complexity index is 1370. The third kappa shape index (κ3) is 5.44. The first kappa shape index (κ1) is 23.1. The Balaban J connectivity index is 1.47. The minimum absolute atomic E-state index is 0.103. The molecule has 0 unspecified atom stereocenters. The maximum absolute atomic E-state index is 13.2. The van der Waals surface area contributed by atoms with Gasteiger partial charge in [0.05, 0.1) is 29.0 Å². The number of anilines is 1. The quantitative estimate of drug-likeness (QED) is 0.307. The van der Waals surface area contributed by atoms with Crippen molar-refractivity contribution in [3.8, 4) is 11.4 Å². The van der Waals surface area contributed by atoms with E-state index in [1.165, 1.54) is 4.57 Å². The lowest BCUT2D eigenvalue weighted by molar-refractivity contribution is -0.117. The highest BCUT2D eigenvalue weighted by Crippen LogP contribution is 2.21. The van der Waals surface area contributed by atoms with Crippen molar-refractivity contribution in [2.24, 2.45) is 0 Å². The molecule has 0 atom stereocenters. The number of carbonyl (C=O) groups excluding carboxylic acids is 2. The van der Waals surface area contributed by atoms with Crippen molar-refractivity contribution >= 4 is 40.3 Å². The van der Waals surface area contributed by atoms with Gasteiger partial charge in [-0.3, -0.25) is 19.5 Å². The molecular formula is C25H22N4O4S. The summed E-state index contributed by atoms with van der Waals surface area (Å²) in [6.07, 6.45) is 0. The molecule has 0 saturated carbocycles. The molecule has 3 aromatic carbocycles. The van der Waals surface area contributed by atoms with Gasteiger partial charge >= 0.3 is 6.03 Å². The average molecular weight is 475 g/mol. The predicted molar refractivity (Wildman–Crippen MR) is 133 cm³/mol. The summed E-state index contributed by atoms with van der Waals surface area (Å²) in [5, 5.41) is 5.74. The first-order valence-electron chi connectivity index (χ1n) is 10.6. The van der Waals surface area contributed by atoms with Crippen molar-refractivity contribution < 1.29 is 14.3 Å². The van der Waals surface area contributed by atoms with E-state index in [2.05, 4.69) is 15.6 Å². The smallest absolute Gasteiger partial charge is 0.325 e. The van der Waals surface area contributed by atoms with Crippen molar-refractivity contribution in [1.29, 1.82) is 0 Å². The van der Waals surface area contributed by atoms with Gasteiger partial charge in [-0.1, -0.05) is 42.1 Å². The van der Waals surface area contributed by atoms with Crippen LogP contribution in [0.2, 0.25) is 0 Å². The first-order valence-corrected chi connectivity index (χ1v) is 11.6. The number of carbonyl (C=O) groups is 2. The number of hydrogen-bond acceptors (Lipinski definition) is 6. The number of aromatic nitrogens is 2. The molecule has 34 heavy (non-hydrogen) atoms. The molecule has 0 fully saturated rings. The van der Waals surface area contributed by atoms with Crippen molar-refractivity contribution in [2.75, 3.05) is 17.7 Å². The van der Waals surface area contributed by atoms with Gasteiger partial charge in [-0.05, 0) is 55.5 Å². The van der Waals surface area contributed by atoms with Crippen molar-refractivity contribution in [1.82, 2.24) is 14.9 Å². The third-order valence-corrected chi connectivity index (χ3v) is 5.71. The standard InChI is InChI=1S/C25H22N4O4S/c1-2-33-19-14-12-17(13-15-19)26-24(32)28-22(30)16-34-25-27-21-11-7-6-10-20(21)23(31)29(25)18-8-4-3-5-9-18/h3-15H,2,16H2,1H3,(H2,26,28,30,32). The summed E-state index contributed by atoms with van der Waals surface area (Å²) in [4.78, 5) is 42.4. The Kier molecular flexibility index (Phi) is 7.24. The van der Waals surface area contributed by atoms with E-state index in [1.807, 2.05) is 25.1 Å². The number of thioether (sulfide) groups is 1. The molecule has 0 saturated heterocycles. The Morgan fingerprint density at radius 3 is 2.41 bits per heavy atom. The van der Waals surface area contributed by atoms with E-state index in [0.717, 1.165) is 11.8 Å². The van der Waals surface area contributed by atoms with E-state index < -0.39 is 11.9 Å². The highest BCUT2D eigenvalue weighted by molar-refractivity contribution is 7.99. The van der Waals surface area contributed by atoms with Crippen molar-refractivity contribution in [2.45, 2.75) is 12.1 Å². The molecule has 9 heteroatoms. The summed E-state index contributed by atoms with van der Waals surface area (Å²) in [5.74, 6) is 0.0673. The molecule has 8 nitrogen and oxygen atoms in total. The lowest BCUT2D eigenvalue weighted by Crippen LogP contribution is -2.35. The van der Waals surface area contributed by atoms with Crippen LogP contribution in [0.25, 0.3) is 16.6 Å². The molecule has 3 amide bonds. The fourth-order valence-electron chi connectivity index (χ4n) is 3.27. The van der Waals surface area contributed by atoms with Crippen LogP contribution in [0.15, 0.2) is 88.8 Å². The van der Waals surface area contributed by atoms with E-state index in [9.17, 15) is 14.4 Å². The van der Waals surface area contributed by atoms with Crippen LogP contribution in [0.4, 0.5) is 10.5 Å². The molecule has 0 bridgehead atoms. The van der Waals surface area contributed by atoms with Crippen LogP contribution >= 0.6 is 11.8 Å². The van der Waals surface area contributed by atoms with E-state index in [1.54, 1.807) is 60.7 Å². The number of para-hydroxylation sites is 2. The normalized spacial score (nSPS) is 10.6. The minimum Gasteiger partial charge on any atom is -0.494 e. The Morgan fingerprint density at radius 1 is 0.971 bits per heavy atom. The maximum Gasteiger partial charge on any atom is 0.325 e. The highest BCUT2D eigenvalue weighted by atomic mass is 32.2. The van der Waals surface area contributed by atoms with Gasteiger partial charge < -0.3 is 10.1 Å². The SMILES string of the molecule is CCOc1ccc(NC(=O)NC(=O)CSc2nc3ccccc3c(=O)n2-c2ccccc2)cc1. The van der Waals surface area contributed by atoms with Crippen LogP contribution in [-0.2, 0) is 4.79 Å². The molecule has 0 aliphatic rings. The molecular weight excluding hydrogens is 452 g/mol. The summed E-state index contributed by atoms with van der Waals surface area (Å²) in [6, 6.07) is 22.3. The van der Waals surface area contributed by atoms with E-state index in [0.29, 0.717) is 39.8 Å². The summed E-state index contributed by atoms with van der Waals surface area (Å²) in [5.41, 5.74) is 1.47. The number of nitrogens with one attached hydrogen (secondary N) is 2. The molecule has 0 aliphatic heterocycles. The van der Waals surface area contributed by atoms with Gasteiger partial charge in [0.1, 0.15) is 5.75 Å². The summed E-state index contributed by atoms with van der Waals surface area (Å²) in [7, 11) is 0. The van der Waals surface area contributed by atoms with Crippen LogP contribution in [-0.4, -0.2) is 33.8 Å². The van der Waals surface area contributed by atoms with Crippen molar-refractivity contribution in [3.63, 3.8) is 0 Å². The highest BCUT2D eigenvalue weighted by Gasteiger charge is 2.15. The number of amides is 3. The largest absolute Gasteiger partial charge is 0.494 e. The molecule has 0 spiro atoms. The van der Waals surface area contributed by atoms with Gasteiger partial charge in [0.15, 0.2) is 5.16 Å². The van der Waals surface area contributed by atoms with E-state index >= 15 is 0 Å². The second kappa shape index (κ2) is 10.7. The zero-order valence-corrected chi connectivity index (χ0v) is 19.2. The second-order valence-corrected chi connectivity index (χ2v) is 8.08. The number of imide groups is 1. The Hall–Kier alpha value is -4.11. The van der Waals surface area contributed by atoms with Crippen LogP contribution in [0.5, 0.6) is 5.75 Å². The summed E-state index contributed by atoms with van der Waals surface area (Å²) in [6.45, 7) is 2.43. The monoisotopic (exact) mass is 474 g/mol. The van der Waals surface area contributed by atoms with Crippen LogP contribution in [0, 0.1) is 0 Å². The minimum atomic E-state index is -0.651. The lowest BCUT2D eigenvalue weighted by Gasteiger charge is -2.13.